The van der Waals surface area contributed by atoms with E-state index in [0.29, 0.717) is 12.5 Å². The maximum absolute atomic E-state index is 5.99. The van der Waals surface area contributed by atoms with Crippen molar-refractivity contribution in [3.63, 3.8) is 0 Å². The molecule has 0 radical (unpaired) electrons. The zero-order valence-corrected chi connectivity index (χ0v) is 11.2. The second kappa shape index (κ2) is 4.59. The Morgan fingerprint density at radius 2 is 2.06 bits per heavy atom. The molecule has 0 bridgehead atoms. The van der Waals surface area contributed by atoms with Crippen molar-refractivity contribution in [1.82, 2.24) is 4.57 Å². The lowest BCUT2D eigenvalue weighted by atomic mass is 9.97. The van der Waals surface area contributed by atoms with Crippen molar-refractivity contribution in [2.75, 3.05) is 6.54 Å². The number of nitrogens with zero attached hydrogens (tertiary/aromatic N) is 1. The molecule has 0 spiro atoms. The molecule has 0 aliphatic rings. The third kappa shape index (κ3) is 1.76. The van der Waals surface area contributed by atoms with Crippen LogP contribution in [0.2, 0.25) is 0 Å². The smallest absolute Gasteiger partial charge is 0.0480 e. The molecule has 0 aliphatic carbocycles. The second-order valence-electron chi connectivity index (χ2n) is 4.52. The highest BCUT2D eigenvalue weighted by atomic mass is 32.1. The third-order valence-corrected chi connectivity index (χ3v) is 4.41. The van der Waals surface area contributed by atoms with Crippen molar-refractivity contribution in [3.8, 4) is 0 Å². The minimum Gasteiger partial charge on any atom is -0.350 e. The van der Waals surface area contributed by atoms with Crippen LogP contribution in [0.25, 0.3) is 10.9 Å². The SMILES string of the molecule is Cn1cc(C(CN)c2cccs2)c2ccccc21. The predicted octanol–water partition coefficient (Wildman–Crippen LogP) is 3.33. The van der Waals surface area contributed by atoms with Gasteiger partial charge in [0, 0.05) is 41.5 Å². The maximum Gasteiger partial charge on any atom is 0.0480 e. The van der Waals surface area contributed by atoms with E-state index >= 15 is 0 Å². The summed E-state index contributed by atoms with van der Waals surface area (Å²) in [4.78, 5) is 1.34. The minimum absolute atomic E-state index is 0.302. The van der Waals surface area contributed by atoms with Crippen LogP contribution < -0.4 is 5.73 Å². The van der Waals surface area contributed by atoms with E-state index in [1.165, 1.54) is 21.3 Å². The lowest BCUT2D eigenvalue weighted by molar-refractivity contribution is 0.831. The summed E-state index contributed by atoms with van der Waals surface area (Å²) in [5.74, 6) is 0.302. The van der Waals surface area contributed by atoms with Gasteiger partial charge in [0.1, 0.15) is 0 Å². The molecule has 92 valence electrons. The number of nitrogens with two attached hydrogens (primary N) is 1. The average Bonchev–Trinajstić information content (AvgIpc) is 3.01. The minimum atomic E-state index is 0.302. The molecule has 2 N–H and O–H groups in total. The number of hydrogen-bond donors (Lipinski definition) is 1. The van der Waals surface area contributed by atoms with Crippen LogP contribution in [-0.4, -0.2) is 11.1 Å². The molecule has 3 aromatic rings. The molecule has 2 nitrogen and oxygen atoms in total. The molecular formula is C15H16N2S. The Hall–Kier alpha value is -1.58. The van der Waals surface area contributed by atoms with E-state index in [9.17, 15) is 0 Å². The molecule has 0 fully saturated rings. The molecular weight excluding hydrogens is 240 g/mol. The van der Waals surface area contributed by atoms with Gasteiger partial charge in [-0.1, -0.05) is 24.3 Å². The molecule has 0 saturated carbocycles. The Balaban J connectivity index is 2.19. The monoisotopic (exact) mass is 256 g/mol. The van der Waals surface area contributed by atoms with E-state index in [2.05, 4.69) is 59.6 Å². The fourth-order valence-corrected chi connectivity index (χ4v) is 3.40. The van der Waals surface area contributed by atoms with Crippen molar-refractivity contribution in [1.29, 1.82) is 0 Å². The molecule has 0 aliphatic heterocycles. The molecule has 0 amide bonds. The van der Waals surface area contributed by atoms with Gasteiger partial charge in [0.2, 0.25) is 0 Å². The van der Waals surface area contributed by atoms with E-state index in [0.717, 1.165) is 0 Å². The number of fused-ring (bicyclic) bond motifs is 1. The van der Waals surface area contributed by atoms with Gasteiger partial charge in [-0.3, -0.25) is 0 Å². The predicted molar refractivity (Wildman–Crippen MR) is 78.1 cm³/mol. The van der Waals surface area contributed by atoms with Gasteiger partial charge in [-0.25, -0.2) is 0 Å². The van der Waals surface area contributed by atoms with E-state index in [1.54, 1.807) is 11.3 Å². The number of thiophene rings is 1. The van der Waals surface area contributed by atoms with Crippen LogP contribution >= 0.6 is 11.3 Å². The molecule has 1 atom stereocenters. The van der Waals surface area contributed by atoms with Gasteiger partial charge in [0.15, 0.2) is 0 Å². The Kier molecular flexibility index (Phi) is 2.94. The Morgan fingerprint density at radius 1 is 1.22 bits per heavy atom. The van der Waals surface area contributed by atoms with Crippen LogP contribution in [0.3, 0.4) is 0 Å². The van der Waals surface area contributed by atoms with Crippen LogP contribution in [0.4, 0.5) is 0 Å². The standard InChI is InChI=1S/C15H16N2S/c1-17-10-13(11-5-2-3-6-14(11)17)12(9-16)15-7-4-8-18-15/h2-8,10,12H,9,16H2,1H3. The first kappa shape index (κ1) is 11.5. The van der Waals surface area contributed by atoms with Gasteiger partial charge in [-0.15, -0.1) is 11.3 Å². The summed E-state index contributed by atoms with van der Waals surface area (Å²) in [5, 5.41) is 3.42. The number of hydrogen-bond acceptors (Lipinski definition) is 2. The summed E-state index contributed by atoms with van der Waals surface area (Å²) in [6, 6.07) is 12.8. The lowest BCUT2D eigenvalue weighted by Gasteiger charge is -2.12. The highest BCUT2D eigenvalue weighted by Crippen LogP contribution is 2.33. The van der Waals surface area contributed by atoms with E-state index < -0.39 is 0 Å². The summed E-state index contributed by atoms with van der Waals surface area (Å²) in [5.41, 5.74) is 8.59. The van der Waals surface area contributed by atoms with Crippen LogP contribution in [0.15, 0.2) is 48.0 Å². The van der Waals surface area contributed by atoms with E-state index in [1.807, 2.05) is 0 Å². The van der Waals surface area contributed by atoms with E-state index in [4.69, 9.17) is 5.73 Å². The highest BCUT2D eigenvalue weighted by Gasteiger charge is 2.18. The Labute approximate surface area is 111 Å². The zero-order valence-electron chi connectivity index (χ0n) is 10.3. The first-order valence-corrected chi connectivity index (χ1v) is 6.96. The van der Waals surface area contributed by atoms with Crippen molar-refractivity contribution in [2.24, 2.45) is 12.8 Å². The molecule has 1 unspecified atom stereocenters. The van der Waals surface area contributed by atoms with Gasteiger partial charge >= 0.3 is 0 Å². The molecule has 2 aromatic heterocycles. The van der Waals surface area contributed by atoms with Crippen molar-refractivity contribution in [2.45, 2.75) is 5.92 Å². The van der Waals surface area contributed by atoms with Gasteiger partial charge in [-0.2, -0.15) is 0 Å². The van der Waals surface area contributed by atoms with Crippen molar-refractivity contribution >= 4 is 22.2 Å². The highest BCUT2D eigenvalue weighted by molar-refractivity contribution is 7.10. The molecule has 1 aromatic carbocycles. The number of benzene rings is 1. The molecule has 18 heavy (non-hydrogen) atoms. The first-order chi connectivity index (χ1) is 8.81. The molecule has 2 heterocycles. The van der Waals surface area contributed by atoms with Gasteiger partial charge in [-0.05, 0) is 23.1 Å². The molecule has 3 rings (SSSR count). The molecule has 0 saturated heterocycles. The van der Waals surface area contributed by atoms with Gasteiger partial charge in [0.05, 0.1) is 0 Å². The normalized spacial score (nSPS) is 13.0. The van der Waals surface area contributed by atoms with Crippen molar-refractivity contribution < 1.29 is 0 Å². The largest absolute Gasteiger partial charge is 0.350 e. The number of aryl methyl sites for hydroxylation is 1. The summed E-state index contributed by atoms with van der Waals surface area (Å²) >= 11 is 1.78. The Morgan fingerprint density at radius 3 is 2.78 bits per heavy atom. The summed E-state index contributed by atoms with van der Waals surface area (Å²) in [6.45, 7) is 0.647. The van der Waals surface area contributed by atoms with Crippen LogP contribution in [0.1, 0.15) is 16.4 Å². The second-order valence-corrected chi connectivity index (χ2v) is 5.50. The fourth-order valence-electron chi connectivity index (χ4n) is 2.54. The summed E-state index contributed by atoms with van der Waals surface area (Å²) < 4.78 is 2.18. The number of rotatable bonds is 3. The zero-order chi connectivity index (χ0) is 12.5. The topological polar surface area (TPSA) is 30.9 Å². The lowest BCUT2D eigenvalue weighted by Crippen LogP contribution is -2.12. The summed E-state index contributed by atoms with van der Waals surface area (Å²) in [6.07, 6.45) is 2.21. The Bertz CT molecular complexity index is 652. The summed E-state index contributed by atoms with van der Waals surface area (Å²) in [7, 11) is 2.09. The average molecular weight is 256 g/mol. The fraction of sp³-hybridized carbons (Fsp3) is 0.200. The van der Waals surface area contributed by atoms with Crippen LogP contribution in [0, 0.1) is 0 Å². The quantitative estimate of drug-likeness (QED) is 0.765. The number of aromatic nitrogens is 1. The first-order valence-electron chi connectivity index (χ1n) is 6.08. The van der Waals surface area contributed by atoms with Crippen molar-refractivity contribution in [3.05, 3.63) is 58.4 Å². The van der Waals surface area contributed by atoms with Gasteiger partial charge < -0.3 is 10.3 Å². The van der Waals surface area contributed by atoms with Gasteiger partial charge in [0.25, 0.3) is 0 Å². The maximum atomic E-state index is 5.99. The van der Waals surface area contributed by atoms with Crippen LogP contribution in [0.5, 0.6) is 0 Å². The third-order valence-electron chi connectivity index (χ3n) is 3.43. The molecule has 3 heteroatoms. The van der Waals surface area contributed by atoms with Crippen LogP contribution in [-0.2, 0) is 7.05 Å². The number of para-hydroxylation sites is 1. The van der Waals surface area contributed by atoms with E-state index in [-0.39, 0.29) is 0 Å².